The fraction of sp³-hybridized carbons (Fsp3) is 0.444. The number of carbonyl (C=O) groups excluding carboxylic acids is 1. The summed E-state index contributed by atoms with van der Waals surface area (Å²) in [6.07, 6.45) is 0. The van der Waals surface area contributed by atoms with Gasteiger partial charge in [0, 0.05) is 18.1 Å². The van der Waals surface area contributed by atoms with Crippen molar-refractivity contribution in [1.29, 1.82) is 0 Å². The average Bonchev–Trinajstić information content (AvgIpc) is 2.50. The zero-order valence-electron chi connectivity index (χ0n) is 8.05. The van der Waals surface area contributed by atoms with Gasteiger partial charge < -0.3 is 10.6 Å². The van der Waals surface area contributed by atoms with Crippen molar-refractivity contribution in [3.05, 3.63) is 16.3 Å². The lowest BCUT2D eigenvalue weighted by atomic mass is 10.2. The van der Waals surface area contributed by atoms with Gasteiger partial charge in [-0.1, -0.05) is 0 Å². The van der Waals surface area contributed by atoms with Gasteiger partial charge in [0.2, 0.25) is 5.91 Å². The molecule has 0 bridgehead atoms. The highest BCUT2D eigenvalue weighted by Gasteiger charge is 2.11. The topological polar surface area (TPSA) is 41.1 Å². The third-order valence-corrected chi connectivity index (χ3v) is 2.73. The molecule has 3 nitrogen and oxygen atoms in total. The Morgan fingerprint density at radius 3 is 2.69 bits per heavy atom. The average molecular weight is 198 g/mol. The number of anilines is 1. The summed E-state index contributed by atoms with van der Waals surface area (Å²) in [5, 5.41) is 9.80. The second-order valence-corrected chi connectivity index (χ2v) is 3.69. The van der Waals surface area contributed by atoms with Gasteiger partial charge in [-0.15, -0.1) is 11.3 Å². The molecule has 0 aromatic carbocycles. The van der Waals surface area contributed by atoms with Gasteiger partial charge in [-0.05, 0) is 24.8 Å². The van der Waals surface area contributed by atoms with Gasteiger partial charge in [0.1, 0.15) is 6.04 Å². The number of thiophene rings is 1. The first-order valence-electron chi connectivity index (χ1n) is 4.16. The van der Waals surface area contributed by atoms with Crippen LogP contribution < -0.4 is 10.6 Å². The first-order valence-corrected chi connectivity index (χ1v) is 5.10. The van der Waals surface area contributed by atoms with E-state index in [2.05, 4.69) is 16.0 Å². The maximum absolute atomic E-state index is 11.2. The summed E-state index contributed by atoms with van der Waals surface area (Å²) in [4.78, 5) is 11.2. The van der Waals surface area contributed by atoms with Crippen molar-refractivity contribution in [3.8, 4) is 0 Å². The van der Waals surface area contributed by atoms with Crippen LogP contribution in [0.4, 0.5) is 5.69 Å². The Kier molecular flexibility index (Phi) is 3.31. The predicted molar refractivity (Wildman–Crippen MR) is 56.2 cm³/mol. The molecule has 1 aromatic heterocycles. The number of nitrogens with one attached hydrogen (secondary N) is 2. The molecule has 0 fully saturated rings. The van der Waals surface area contributed by atoms with Crippen LogP contribution >= 0.6 is 11.3 Å². The summed E-state index contributed by atoms with van der Waals surface area (Å²) in [6, 6.07) is -0.182. The highest BCUT2D eigenvalue weighted by molar-refractivity contribution is 7.08. The number of rotatable bonds is 3. The number of hydrogen-bond donors (Lipinski definition) is 2. The minimum atomic E-state index is -0.182. The van der Waals surface area contributed by atoms with Crippen LogP contribution in [0, 0.1) is 6.92 Å². The number of amides is 1. The molecule has 72 valence electrons. The van der Waals surface area contributed by atoms with Crippen LogP contribution in [0.1, 0.15) is 12.5 Å². The van der Waals surface area contributed by atoms with E-state index in [9.17, 15) is 4.79 Å². The van der Waals surface area contributed by atoms with E-state index in [1.807, 2.05) is 19.2 Å². The molecule has 0 aliphatic rings. The first kappa shape index (κ1) is 10.1. The first-order chi connectivity index (χ1) is 6.15. The fourth-order valence-electron chi connectivity index (χ4n) is 1.02. The van der Waals surface area contributed by atoms with Crippen LogP contribution in [-0.4, -0.2) is 19.0 Å². The van der Waals surface area contributed by atoms with Crippen LogP contribution in [0.25, 0.3) is 0 Å². The van der Waals surface area contributed by atoms with Crippen LogP contribution in [0.2, 0.25) is 0 Å². The molecule has 1 amide bonds. The second-order valence-electron chi connectivity index (χ2n) is 2.95. The molecule has 1 rings (SSSR count). The van der Waals surface area contributed by atoms with Gasteiger partial charge >= 0.3 is 0 Å². The quantitative estimate of drug-likeness (QED) is 0.774. The Morgan fingerprint density at radius 1 is 1.54 bits per heavy atom. The largest absolute Gasteiger partial charge is 0.373 e. The van der Waals surface area contributed by atoms with Gasteiger partial charge in [-0.2, -0.15) is 0 Å². The van der Waals surface area contributed by atoms with Crippen molar-refractivity contribution < 1.29 is 4.79 Å². The molecule has 1 atom stereocenters. The van der Waals surface area contributed by atoms with E-state index < -0.39 is 0 Å². The molecule has 1 unspecified atom stereocenters. The molecule has 0 aliphatic heterocycles. The molecule has 2 N–H and O–H groups in total. The molecule has 0 spiro atoms. The third-order valence-electron chi connectivity index (χ3n) is 1.87. The summed E-state index contributed by atoms with van der Waals surface area (Å²) in [5.41, 5.74) is 2.22. The van der Waals surface area contributed by atoms with Crippen LogP contribution in [-0.2, 0) is 4.79 Å². The highest BCUT2D eigenvalue weighted by atomic mass is 32.1. The summed E-state index contributed by atoms with van der Waals surface area (Å²) >= 11 is 1.63. The van der Waals surface area contributed by atoms with Crippen LogP contribution in [0.5, 0.6) is 0 Å². The van der Waals surface area contributed by atoms with Crippen molar-refractivity contribution >= 4 is 22.9 Å². The van der Waals surface area contributed by atoms with Crippen molar-refractivity contribution in [2.45, 2.75) is 19.9 Å². The number of likely N-dealkylation sites (N-methyl/N-ethyl adjacent to an activating group) is 1. The van der Waals surface area contributed by atoms with E-state index in [0.717, 1.165) is 5.69 Å². The second kappa shape index (κ2) is 4.28. The lowest BCUT2D eigenvalue weighted by molar-refractivity contribution is -0.121. The van der Waals surface area contributed by atoms with E-state index in [0.29, 0.717) is 0 Å². The Labute approximate surface area is 82.2 Å². The smallest absolute Gasteiger partial charge is 0.241 e. The number of hydrogen-bond acceptors (Lipinski definition) is 3. The lowest BCUT2D eigenvalue weighted by Gasteiger charge is -2.12. The fourth-order valence-corrected chi connectivity index (χ4v) is 1.81. The zero-order valence-corrected chi connectivity index (χ0v) is 8.87. The van der Waals surface area contributed by atoms with Crippen molar-refractivity contribution in [1.82, 2.24) is 5.32 Å². The molecular formula is C9H14N2OS. The Morgan fingerprint density at radius 2 is 2.23 bits per heavy atom. The minimum absolute atomic E-state index is 0.00519. The monoisotopic (exact) mass is 198 g/mol. The van der Waals surface area contributed by atoms with Crippen LogP contribution in [0.3, 0.4) is 0 Å². The van der Waals surface area contributed by atoms with Gasteiger partial charge in [0.15, 0.2) is 0 Å². The van der Waals surface area contributed by atoms with Crippen LogP contribution in [0.15, 0.2) is 10.8 Å². The van der Waals surface area contributed by atoms with E-state index >= 15 is 0 Å². The van der Waals surface area contributed by atoms with Gasteiger partial charge in [-0.25, -0.2) is 0 Å². The Balaban J connectivity index is 2.59. The lowest BCUT2D eigenvalue weighted by Crippen LogP contribution is -2.35. The summed E-state index contributed by atoms with van der Waals surface area (Å²) < 4.78 is 0. The number of carbonyl (C=O) groups is 1. The summed E-state index contributed by atoms with van der Waals surface area (Å²) in [5.74, 6) is 0.00519. The van der Waals surface area contributed by atoms with Gasteiger partial charge in [0.25, 0.3) is 0 Å². The van der Waals surface area contributed by atoms with E-state index in [-0.39, 0.29) is 11.9 Å². The van der Waals surface area contributed by atoms with Crippen molar-refractivity contribution in [3.63, 3.8) is 0 Å². The standard InChI is InChI=1S/C9H14N2OS/c1-6-4-13-5-8(6)11-7(2)9(12)10-3/h4-5,7,11H,1-3H3,(H,10,12). The molecular weight excluding hydrogens is 184 g/mol. The predicted octanol–water partition coefficient (Wildman–Crippen LogP) is 1.60. The molecule has 13 heavy (non-hydrogen) atoms. The number of aryl methyl sites for hydroxylation is 1. The molecule has 1 heterocycles. The zero-order chi connectivity index (χ0) is 9.84. The molecule has 1 aromatic rings. The summed E-state index contributed by atoms with van der Waals surface area (Å²) in [7, 11) is 1.64. The summed E-state index contributed by atoms with van der Waals surface area (Å²) in [6.45, 7) is 3.87. The molecule has 4 heteroatoms. The Bertz CT molecular complexity index is 296. The van der Waals surface area contributed by atoms with Crippen molar-refractivity contribution in [2.24, 2.45) is 0 Å². The van der Waals surface area contributed by atoms with Crippen molar-refractivity contribution in [2.75, 3.05) is 12.4 Å². The maximum atomic E-state index is 11.2. The third kappa shape index (κ3) is 2.45. The van der Waals surface area contributed by atoms with E-state index in [1.165, 1.54) is 5.56 Å². The highest BCUT2D eigenvalue weighted by Crippen LogP contribution is 2.19. The SMILES string of the molecule is CNC(=O)C(C)Nc1cscc1C. The van der Waals surface area contributed by atoms with Gasteiger partial charge in [-0.3, -0.25) is 4.79 Å². The van der Waals surface area contributed by atoms with Gasteiger partial charge in [0.05, 0.1) is 0 Å². The maximum Gasteiger partial charge on any atom is 0.241 e. The molecule has 0 aliphatic carbocycles. The minimum Gasteiger partial charge on any atom is -0.373 e. The molecule has 0 saturated heterocycles. The van der Waals surface area contributed by atoms with E-state index in [1.54, 1.807) is 18.4 Å². The molecule has 0 saturated carbocycles. The Hall–Kier alpha value is -1.03. The molecule has 0 radical (unpaired) electrons. The normalized spacial score (nSPS) is 12.2. The van der Waals surface area contributed by atoms with E-state index in [4.69, 9.17) is 0 Å².